The third-order valence-corrected chi connectivity index (χ3v) is 3.23. The molecule has 0 spiro atoms. The first-order valence-electron chi connectivity index (χ1n) is 7.08. The molecule has 1 aromatic carbocycles. The van der Waals surface area contributed by atoms with Gasteiger partial charge in [0.05, 0.1) is 5.52 Å². The smallest absolute Gasteiger partial charge is 0.0746 e. The van der Waals surface area contributed by atoms with E-state index in [2.05, 4.69) is 53.7 Å². The van der Waals surface area contributed by atoms with Crippen LogP contribution in [0, 0.1) is 0 Å². The molecule has 3 heteroatoms. The minimum Gasteiger partial charge on any atom is -0.315 e. The van der Waals surface area contributed by atoms with Crippen LogP contribution in [0.1, 0.15) is 25.8 Å². The van der Waals surface area contributed by atoms with Gasteiger partial charge in [-0.3, -0.25) is 4.98 Å². The van der Waals surface area contributed by atoms with Gasteiger partial charge in [-0.25, -0.2) is 0 Å². The monoisotopic (exact) mass is 257 g/mol. The van der Waals surface area contributed by atoms with Crippen LogP contribution in [0.3, 0.4) is 0 Å². The third kappa shape index (κ3) is 4.01. The van der Waals surface area contributed by atoms with Gasteiger partial charge in [0.15, 0.2) is 0 Å². The molecule has 2 aromatic rings. The molecule has 1 heterocycles. The Bertz CT molecular complexity index is 505. The number of benzene rings is 1. The van der Waals surface area contributed by atoms with Crippen molar-refractivity contribution in [3.8, 4) is 0 Å². The summed E-state index contributed by atoms with van der Waals surface area (Å²) in [5.41, 5.74) is 2.37. The highest BCUT2D eigenvalue weighted by molar-refractivity contribution is 5.81. The molecule has 2 N–H and O–H groups in total. The lowest BCUT2D eigenvalue weighted by atomic mass is 10.1. The fraction of sp³-hybridized carbons (Fsp3) is 0.438. The number of pyridine rings is 1. The normalized spacial score (nSPS) is 12.7. The van der Waals surface area contributed by atoms with Gasteiger partial charge in [-0.05, 0) is 31.5 Å². The van der Waals surface area contributed by atoms with Crippen LogP contribution in [0.25, 0.3) is 10.9 Å². The molecule has 1 aromatic heterocycles. The van der Waals surface area contributed by atoms with Gasteiger partial charge in [0.25, 0.3) is 0 Å². The molecule has 1 atom stereocenters. The van der Waals surface area contributed by atoms with Crippen molar-refractivity contribution in [2.24, 2.45) is 0 Å². The Balaban J connectivity index is 1.94. The molecule has 0 aliphatic rings. The van der Waals surface area contributed by atoms with Gasteiger partial charge in [0.1, 0.15) is 0 Å². The first-order chi connectivity index (χ1) is 9.31. The molecule has 19 heavy (non-hydrogen) atoms. The SMILES string of the molecule is CCCNCC(C)NCc1cccc2cccnc12. The lowest BCUT2D eigenvalue weighted by Crippen LogP contribution is -2.36. The van der Waals surface area contributed by atoms with Gasteiger partial charge >= 0.3 is 0 Å². The zero-order valence-electron chi connectivity index (χ0n) is 11.8. The van der Waals surface area contributed by atoms with E-state index in [0.717, 1.165) is 25.2 Å². The van der Waals surface area contributed by atoms with Crippen molar-refractivity contribution >= 4 is 10.9 Å². The lowest BCUT2D eigenvalue weighted by molar-refractivity contribution is 0.502. The number of hydrogen-bond donors (Lipinski definition) is 2. The van der Waals surface area contributed by atoms with Crippen LogP contribution >= 0.6 is 0 Å². The summed E-state index contributed by atoms with van der Waals surface area (Å²) >= 11 is 0. The van der Waals surface area contributed by atoms with E-state index in [-0.39, 0.29) is 0 Å². The van der Waals surface area contributed by atoms with E-state index in [1.807, 2.05) is 12.3 Å². The minimum atomic E-state index is 0.463. The molecule has 0 radical (unpaired) electrons. The lowest BCUT2D eigenvalue weighted by Gasteiger charge is -2.15. The molecule has 0 saturated carbocycles. The second-order valence-corrected chi connectivity index (χ2v) is 4.98. The zero-order valence-corrected chi connectivity index (χ0v) is 11.8. The fourth-order valence-corrected chi connectivity index (χ4v) is 2.16. The van der Waals surface area contributed by atoms with E-state index < -0.39 is 0 Å². The Morgan fingerprint density at radius 3 is 2.89 bits per heavy atom. The molecule has 0 fully saturated rings. The molecular formula is C16H23N3. The molecule has 0 amide bonds. The molecular weight excluding hydrogens is 234 g/mol. The highest BCUT2D eigenvalue weighted by atomic mass is 15.0. The first kappa shape index (κ1) is 14.0. The molecule has 0 saturated heterocycles. The van der Waals surface area contributed by atoms with Crippen molar-refractivity contribution in [1.29, 1.82) is 0 Å². The highest BCUT2D eigenvalue weighted by Crippen LogP contribution is 2.15. The van der Waals surface area contributed by atoms with E-state index in [9.17, 15) is 0 Å². The van der Waals surface area contributed by atoms with Crippen LogP contribution in [0.5, 0.6) is 0 Å². The number of nitrogens with zero attached hydrogens (tertiary/aromatic N) is 1. The number of nitrogens with one attached hydrogen (secondary N) is 2. The summed E-state index contributed by atoms with van der Waals surface area (Å²) < 4.78 is 0. The van der Waals surface area contributed by atoms with Gasteiger partial charge < -0.3 is 10.6 Å². The predicted octanol–water partition coefficient (Wildman–Crippen LogP) is 2.71. The summed E-state index contributed by atoms with van der Waals surface area (Å²) in [5, 5.41) is 8.18. The Morgan fingerprint density at radius 1 is 1.21 bits per heavy atom. The third-order valence-electron chi connectivity index (χ3n) is 3.23. The molecule has 0 aliphatic heterocycles. The molecule has 1 unspecified atom stereocenters. The van der Waals surface area contributed by atoms with Crippen LogP contribution in [0.2, 0.25) is 0 Å². The number of aromatic nitrogens is 1. The number of fused-ring (bicyclic) bond motifs is 1. The van der Waals surface area contributed by atoms with Crippen molar-refractivity contribution in [2.45, 2.75) is 32.9 Å². The van der Waals surface area contributed by atoms with Gasteiger partial charge in [0, 0.05) is 30.7 Å². The van der Waals surface area contributed by atoms with E-state index in [1.54, 1.807) is 0 Å². The Kier molecular flexibility index (Phi) is 5.31. The van der Waals surface area contributed by atoms with Crippen molar-refractivity contribution in [1.82, 2.24) is 15.6 Å². The van der Waals surface area contributed by atoms with Crippen molar-refractivity contribution in [3.63, 3.8) is 0 Å². The van der Waals surface area contributed by atoms with Crippen LogP contribution in [0.15, 0.2) is 36.5 Å². The summed E-state index contributed by atoms with van der Waals surface area (Å²) in [7, 11) is 0. The van der Waals surface area contributed by atoms with Crippen molar-refractivity contribution < 1.29 is 0 Å². The van der Waals surface area contributed by atoms with E-state index >= 15 is 0 Å². The predicted molar refractivity (Wildman–Crippen MR) is 81.2 cm³/mol. The Hall–Kier alpha value is -1.45. The first-order valence-corrected chi connectivity index (χ1v) is 7.08. The standard InChI is InChI=1S/C16H23N3/c1-3-9-17-11-13(2)19-12-15-7-4-6-14-8-5-10-18-16(14)15/h4-8,10,13,17,19H,3,9,11-12H2,1-2H3. The van der Waals surface area contributed by atoms with E-state index in [4.69, 9.17) is 0 Å². The van der Waals surface area contributed by atoms with Crippen LogP contribution in [-0.2, 0) is 6.54 Å². The van der Waals surface area contributed by atoms with Gasteiger partial charge in [-0.15, -0.1) is 0 Å². The maximum atomic E-state index is 4.48. The number of para-hydroxylation sites is 1. The summed E-state index contributed by atoms with van der Waals surface area (Å²) in [6, 6.07) is 10.9. The zero-order chi connectivity index (χ0) is 13.5. The number of hydrogen-bond acceptors (Lipinski definition) is 3. The maximum Gasteiger partial charge on any atom is 0.0746 e. The molecule has 0 bridgehead atoms. The van der Waals surface area contributed by atoms with E-state index in [0.29, 0.717) is 6.04 Å². The highest BCUT2D eigenvalue weighted by Gasteiger charge is 2.04. The topological polar surface area (TPSA) is 37.0 Å². The van der Waals surface area contributed by atoms with E-state index in [1.165, 1.54) is 17.4 Å². The largest absolute Gasteiger partial charge is 0.315 e. The van der Waals surface area contributed by atoms with Crippen molar-refractivity contribution in [2.75, 3.05) is 13.1 Å². The molecule has 102 valence electrons. The number of rotatable bonds is 7. The Morgan fingerprint density at radius 2 is 2.05 bits per heavy atom. The average molecular weight is 257 g/mol. The second-order valence-electron chi connectivity index (χ2n) is 4.98. The summed E-state index contributed by atoms with van der Waals surface area (Å²) in [6.07, 6.45) is 3.04. The minimum absolute atomic E-state index is 0.463. The van der Waals surface area contributed by atoms with Crippen LogP contribution in [0.4, 0.5) is 0 Å². The van der Waals surface area contributed by atoms with Gasteiger partial charge in [-0.2, -0.15) is 0 Å². The molecule has 3 nitrogen and oxygen atoms in total. The summed E-state index contributed by atoms with van der Waals surface area (Å²) in [5.74, 6) is 0. The quantitative estimate of drug-likeness (QED) is 0.749. The second kappa shape index (κ2) is 7.22. The van der Waals surface area contributed by atoms with Crippen LogP contribution < -0.4 is 10.6 Å². The van der Waals surface area contributed by atoms with Gasteiger partial charge in [0.2, 0.25) is 0 Å². The molecule has 2 rings (SSSR count). The fourth-order valence-electron chi connectivity index (χ4n) is 2.16. The average Bonchev–Trinajstić information content (AvgIpc) is 2.45. The maximum absolute atomic E-state index is 4.48. The van der Waals surface area contributed by atoms with Gasteiger partial charge in [-0.1, -0.05) is 31.2 Å². The van der Waals surface area contributed by atoms with Crippen molar-refractivity contribution in [3.05, 3.63) is 42.1 Å². The molecule has 0 aliphatic carbocycles. The van der Waals surface area contributed by atoms with Crippen LogP contribution in [-0.4, -0.2) is 24.1 Å². The summed E-state index contributed by atoms with van der Waals surface area (Å²) in [6.45, 7) is 7.35. The summed E-state index contributed by atoms with van der Waals surface area (Å²) in [4.78, 5) is 4.48. The Labute approximate surface area is 115 Å².